The number of aryl methyl sites for hydroxylation is 1. The lowest BCUT2D eigenvalue weighted by Crippen LogP contribution is -2.14. The molecule has 6 nitrogen and oxygen atoms in total. The topological polar surface area (TPSA) is 115 Å². The van der Waals surface area contributed by atoms with Gasteiger partial charge in [-0.25, -0.2) is 0 Å². The van der Waals surface area contributed by atoms with Crippen LogP contribution in [0.15, 0.2) is 12.1 Å². The van der Waals surface area contributed by atoms with Crippen LogP contribution >= 0.6 is 0 Å². The quantitative estimate of drug-likeness (QED) is 0.281. The molecule has 3 rings (SSSR count). The molecule has 0 radical (unpaired) electrons. The van der Waals surface area contributed by atoms with E-state index in [-0.39, 0.29) is 11.5 Å². The molecule has 0 heterocycles. The van der Waals surface area contributed by atoms with Gasteiger partial charge in [0.25, 0.3) is 0 Å². The summed E-state index contributed by atoms with van der Waals surface area (Å²) < 4.78 is 0. The lowest BCUT2D eigenvalue weighted by atomic mass is 9.92. The Kier molecular flexibility index (Phi) is 6.39. The number of phenols is 2. The van der Waals surface area contributed by atoms with Crippen molar-refractivity contribution in [2.75, 3.05) is 0 Å². The number of benzene rings is 1. The van der Waals surface area contributed by atoms with Crippen molar-refractivity contribution in [2.45, 2.75) is 83.5 Å². The number of phenolic OH excluding ortho intramolecular Hbond substituents is 2. The fraction of sp³-hybridized carbons (Fsp3) is 0.652. The maximum Gasteiger partial charge on any atom is 0.309 e. The minimum absolute atomic E-state index is 0.0651. The third-order valence-electron chi connectivity index (χ3n) is 6.91. The van der Waals surface area contributed by atoms with Crippen molar-refractivity contribution >= 4 is 11.9 Å². The molecular formula is C23H32O6. The third-order valence-corrected chi connectivity index (χ3v) is 6.91. The summed E-state index contributed by atoms with van der Waals surface area (Å²) >= 11 is 0. The molecule has 1 aromatic rings. The summed E-state index contributed by atoms with van der Waals surface area (Å²) in [5.41, 5.74) is 0.795. The maximum absolute atomic E-state index is 11.3. The molecule has 6 heteroatoms. The van der Waals surface area contributed by atoms with E-state index in [1.165, 1.54) is 6.07 Å². The van der Waals surface area contributed by atoms with Crippen LogP contribution in [0.2, 0.25) is 0 Å². The molecule has 0 atom stereocenters. The van der Waals surface area contributed by atoms with E-state index in [4.69, 9.17) is 0 Å². The van der Waals surface area contributed by atoms with Gasteiger partial charge in [-0.15, -0.1) is 0 Å². The van der Waals surface area contributed by atoms with E-state index in [0.717, 1.165) is 81.8 Å². The Morgan fingerprint density at radius 3 is 1.79 bits per heavy atom. The first kappa shape index (κ1) is 21.5. The molecule has 0 spiro atoms. The molecule has 0 aromatic heterocycles. The number of rotatable bonds is 13. The highest BCUT2D eigenvalue weighted by Crippen LogP contribution is 2.51. The second-order valence-corrected chi connectivity index (χ2v) is 9.01. The molecule has 0 unspecified atom stereocenters. The first-order valence-corrected chi connectivity index (χ1v) is 10.8. The van der Waals surface area contributed by atoms with Crippen LogP contribution in [-0.4, -0.2) is 32.4 Å². The summed E-state index contributed by atoms with van der Waals surface area (Å²) in [6, 6.07) is 3.37. The van der Waals surface area contributed by atoms with Crippen molar-refractivity contribution in [3.63, 3.8) is 0 Å². The van der Waals surface area contributed by atoms with Crippen LogP contribution in [0.5, 0.6) is 11.5 Å². The van der Waals surface area contributed by atoms with Crippen LogP contribution in [-0.2, 0) is 22.4 Å². The van der Waals surface area contributed by atoms with Gasteiger partial charge in [0.2, 0.25) is 0 Å². The molecule has 160 valence electrons. The largest absolute Gasteiger partial charge is 0.504 e. The fourth-order valence-electron chi connectivity index (χ4n) is 4.34. The van der Waals surface area contributed by atoms with Crippen molar-refractivity contribution < 1.29 is 30.0 Å². The van der Waals surface area contributed by atoms with Gasteiger partial charge in [0.15, 0.2) is 11.5 Å². The highest BCUT2D eigenvalue weighted by Gasteiger charge is 2.49. The van der Waals surface area contributed by atoms with Gasteiger partial charge in [0, 0.05) is 5.56 Å². The van der Waals surface area contributed by atoms with Crippen molar-refractivity contribution in [3.8, 4) is 11.5 Å². The summed E-state index contributed by atoms with van der Waals surface area (Å²) in [5.74, 6) is -1.55. The van der Waals surface area contributed by atoms with E-state index in [9.17, 15) is 30.0 Å². The standard InChI is InChI=1S/C23H32O6/c24-18-9-8-16(6-2-1-4-10-22(12-13-22)20(26)27)17(19(18)25)7-3-5-11-23(14-15-23)21(28)29/h8-9,24-25H,1-7,10-15H2,(H,26,27)(H,28,29). The highest BCUT2D eigenvalue weighted by molar-refractivity contribution is 5.78. The number of carboxylic acid groups (broad SMARTS) is 2. The summed E-state index contributed by atoms with van der Waals surface area (Å²) in [5, 5.41) is 38.7. The smallest absolute Gasteiger partial charge is 0.309 e. The number of aliphatic carboxylic acids is 2. The van der Waals surface area contributed by atoms with E-state index >= 15 is 0 Å². The number of carboxylic acids is 2. The SMILES string of the molecule is O=C(O)C1(CCCCCc2ccc(O)c(O)c2CCCCC2(C(=O)O)CC2)CC1. The average Bonchev–Trinajstić information content (AvgIpc) is 3.58. The first-order valence-electron chi connectivity index (χ1n) is 10.8. The Hall–Kier alpha value is -2.24. The van der Waals surface area contributed by atoms with Crippen molar-refractivity contribution in [1.82, 2.24) is 0 Å². The predicted octanol–water partition coefficient (Wildman–Crippen LogP) is 4.64. The molecule has 2 aliphatic carbocycles. The summed E-state index contributed by atoms with van der Waals surface area (Å²) in [6.07, 6.45) is 10.2. The molecule has 1 aromatic carbocycles. The van der Waals surface area contributed by atoms with Crippen LogP contribution in [0, 0.1) is 10.8 Å². The lowest BCUT2D eigenvalue weighted by molar-refractivity contribution is -0.144. The van der Waals surface area contributed by atoms with Crippen molar-refractivity contribution in [3.05, 3.63) is 23.3 Å². The average molecular weight is 405 g/mol. The van der Waals surface area contributed by atoms with Crippen LogP contribution in [0.4, 0.5) is 0 Å². The van der Waals surface area contributed by atoms with Gasteiger partial charge in [-0.3, -0.25) is 9.59 Å². The zero-order valence-corrected chi connectivity index (χ0v) is 17.0. The molecule has 0 saturated heterocycles. The maximum atomic E-state index is 11.3. The molecule has 2 saturated carbocycles. The minimum atomic E-state index is -0.700. The molecule has 0 aliphatic heterocycles. The molecule has 0 amide bonds. The number of carbonyl (C=O) groups is 2. The monoisotopic (exact) mass is 404 g/mol. The predicted molar refractivity (Wildman–Crippen MR) is 108 cm³/mol. The normalized spacial score (nSPS) is 18.3. The Balaban J connectivity index is 1.46. The van der Waals surface area contributed by atoms with Crippen molar-refractivity contribution in [1.29, 1.82) is 0 Å². The van der Waals surface area contributed by atoms with Gasteiger partial charge in [-0.2, -0.15) is 0 Å². The summed E-state index contributed by atoms with van der Waals surface area (Å²) in [6.45, 7) is 0. The van der Waals surface area contributed by atoms with E-state index in [0.29, 0.717) is 12.8 Å². The number of hydrogen-bond acceptors (Lipinski definition) is 4. The van der Waals surface area contributed by atoms with Gasteiger partial charge in [-0.1, -0.05) is 25.3 Å². The summed E-state index contributed by atoms with van der Waals surface area (Å²) in [7, 11) is 0. The van der Waals surface area contributed by atoms with Crippen LogP contribution in [0.25, 0.3) is 0 Å². The molecular weight excluding hydrogens is 372 g/mol. The second kappa shape index (κ2) is 8.64. The zero-order valence-electron chi connectivity index (χ0n) is 17.0. The van der Waals surface area contributed by atoms with Crippen molar-refractivity contribution in [2.24, 2.45) is 10.8 Å². The minimum Gasteiger partial charge on any atom is -0.504 e. The third kappa shape index (κ3) is 5.03. The Morgan fingerprint density at radius 1 is 0.759 bits per heavy atom. The molecule has 2 aliphatic rings. The molecule has 4 N–H and O–H groups in total. The zero-order chi connectivity index (χ0) is 21.1. The fourth-order valence-corrected chi connectivity index (χ4v) is 4.34. The van der Waals surface area contributed by atoms with Crippen LogP contribution in [0.3, 0.4) is 0 Å². The van der Waals surface area contributed by atoms with E-state index in [2.05, 4.69) is 0 Å². The Labute approximate surface area is 171 Å². The Morgan fingerprint density at radius 2 is 1.28 bits per heavy atom. The van der Waals surface area contributed by atoms with E-state index in [1.54, 1.807) is 0 Å². The van der Waals surface area contributed by atoms with Gasteiger partial charge >= 0.3 is 11.9 Å². The van der Waals surface area contributed by atoms with Gasteiger partial charge in [0.1, 0.15) is 0 Å². The summed E-state index contributed by atoms with van der Waals surface area (Å²) in [4.78, 5) is 22.5. The molecule has 2 fully saturated rings. The Bertz CT molecular complexity index is 761. The van der Waals surface area contributed by atoms with Gasteiger partial charge < -0.3 is 20.4 Å². The molecule has 29 heavy (non-hydrogen) atoms. The highest BCUT2D eigenvalue weighted by atomic mass is 16.4. The second-order valence-electron chi connectivity index (χ2n) is 9.01. The number of aromatic hydroxyl groups is 2. The number of unbranched alkanes of at least 4 members (excludes halogenated alkanes) is 3. The lowest BCUT2D eigenvalue weighted by Gasteiger charge is -2.14. The molecule has 0 bridgehead atoms. The van der Waals surface area contributed by atoms with Crippen LogP contribution < -0.4 is 0 Å². The number of hydrogen-bond donors (Lipinski definition) is 4. The van der Waals surface area contributed by atoms with Gasteiger partial charge in [0.05, 0.1) is 10.8 Å². The van der Waals surface area contributed by atoms with Gasteiger partial charge in [-0.05, 0) is 75.8 Å². The van der Waals surface area contributed by atoms with E-state index < -0.39 is 22.8 Å². The van der Waals surface area contributed by atoms with Crippen LogP contribution in [0.1, 0.15) is 81.8 Å². The first-order chi connectivity index (χ1) is 13.8. The van der Waals surface area contributed by atoms with E-state index in [1.807, 2.05) is 6.07 Å².